The average molecular weight is 280 g/mol. The lowest BCUT2D eigenvalue weighted by molar-refractivity contribution is -0.134. The van der Waals surface area contributed by atoms with Crippen LogP contribution in [0.2, 0.25) is 0 Å². The van der Waals surface area contributed by atoms with Gasteiger partial charge in [-0.2, -0.15) is 0 Å². The molecule has 3 heteroatoms. The molecule has 1 amide bonds. The molecule has 3 unspecified atom stereocenters. The Morgan fingerprint density at radius 2 is 1.90 bits per heavy atom. The summed E-state index contributed by atoms with van der Waals surface area (Å²) in [5, 5.41) is 3.68. The van der Waals surface area contributed by atoms with Crippen molar-refractivity contribution in [3.8, 4) is 0 Å². The van der Waals surface area contributed by atoms with Gasteiger partial charge < -0.3 is 4.90 Å². The summed E-state index contributed by atoms with van der Waals surface area (Å²) in [7, 11) is 0. The zero-order valence-electron chi connectivity index (χ0n) is 13.7. The van der Waals surface area contributed by atoms with Gasteiger partial charge >= 0.3 is 0 Å². The minimum Gasteiger partial charge on any atom is -0.322 e. The lowest BCUT2D eigenvalue weighted by Crippen LogP contribution is -2.49. The van der Waals surface area contributed by atoms with Crippen molar-refractivity contribution in [3.05, 3.63) is 0 Å². The number of amides is 1. The van der Waals surface area contributed by atoms with E-state index in [1.165, 1.54) is 25.7 Å². The van der Waals surface area contributed by atoms with Gasteiger partial charge in [-0.15, -0.1) is 0 Å². The van der Waals surface area contributed by atoms with E-state index in [0.29, 0.717) is 30.0 Å². The molecule has 0 spiro atoms. The van der Waals surface area contributed by atoms with Crippen LogP contribution in [-0.4, -0.2) is 29.1 Å². The second-order valence-corrected chi connectivity index (χ2v) is 6.96. The fourth-order valence-electron chi connectivity index (χ4n) is 4.17. The molecule has 1 N–H and O–H groups in total. The molecule has 116 valence electrons. The van der Waals surface area contributed by atoms with E-state index in [0.717, 1.165) is 19.3 Å². The molecular formula is C17H32N2O. The first-order valence-corrected chi connectivity index (χ1v) is 8.68. The normalized spacial score (nSPS) is 29.6. The second kappa shape index (κ2) is 6.93. The van der Waals surface area contributed by atoms with Crippen molar-refractivity contribution < 1.29 is 4.79 Å². The predicted octanol–water partition coefficient (Wildman–Crippen LogP) is 3.54. The third-order valence-electron chi connectivity index (χ3n) is 5.19. The Bertz CT molecular complexity index is 323. The summed E-state index contributed by atoms with van der Waals surface area (Å²) in [6.07, 6.45) is 8.66. The van der Waals surface area contributed by atoms with Crippen LogP contribution in [0.15, 0.2) is 0 Å². The second-order valence-electron chi connectivity index (χ2n) is 6.96. The van der Waals surface area contributed by atoms with E-state index in [1.54, 1.807) is 0 Å². The number of hydrogen-bond acceptors (Lipinski definition) is 2. The molecule has 1 heterocycles. The number of nitrogens with zero attached hydrogens (tertiary/aromatic N) is 1. The van der Waals surface area contributed by atoms with Crippen LogP contribution in [0.3, 0.4) is 0 Å². The first-order valence-electron chi connectivity index (χ1n) is 8.68. The van der Waals surface area contributed by atoms with Crippen molar-refractivity contribution in [3.63, 3.8) is 0 Å². The summed E-state index contributed by atoms with van der Waals surface area (Å²) < 4.78 is 0. The third kappa shape index (κ3) is 3.03. The number of carbonyl (C=O) groups excluding carboxylic acids is 1. The number of rotatable bonds is 6. The van der Waals surface area contributed by atoms with Gasteiger partial charge in [-0.05, 0) is 37.5 Å². The van der Waals surface area contributed by atoms with Gasteiger partial charge in [-0.3, -0.25) is 10.1 Å². The van der Waals surface area contributed by atoms with E-state index < -0.39 is 0 Å². The van der Waals surface area contributed by atoms with E-state index in [-0.39, 0.29) is 6.04 Å². The highest BCUT2D eigenvalue weighted by Gasteiger charge is 2.45. The summed E-state index contributed by atoms with van der Waals surface area (Å²) >= 11 is 0. The van der Waals surface area contributed by atoms with Gasteiger partial charge in [0.2, 0.25) is 5.91 Å². The highest BCUT2D eigenvalue weighted by atomic mass is 16.2. The van der Waals surface area contributed by atoms with Crippen molar-refractivity contribution in [2.24, 2.45) is 11.8 Å². The molecule has 0 bridgehead atoms. The molecule has 3 nitrogen and oxygen atoms in total. The smallest absolute Gasteiger partial charge is 0.241 e. The van der Waals surface area contributed by atoms with E-state index in [9.17, 15) is 4.79 Å². The molecule has 1 saturated carbocycles. The summed E-state index contributed by atoms with van der Waals surface area (Å²) in [6.45, 7) is 8.89. The average Bonchev–Trinajstić information content (AvgIpc) is 3.02. The van der Waals surface area contributed by atoms with Crippen LogP contribution in [0, 0.1) is 11.8 Å². The summed E-state index contributed by atoms with van der Waals surface area (Å²) in [5.41, 5.74) is 0. The molecule has 1 saturated heterocycles. The number of hydrogen-bond donors (Lipinski definition) is 1. The molecule has 2 fully saturated rings. The number of carbonyl (C=O) groups is 1. The molecule has 1 aliphatic carbocycles. The lowest BCUT2D eigenvalue weighted by atomic mass is 9.96. The molecule has 2 rings (SSSR count). The Labute approximate surface area is 124 Å². The van der Waals surface area contributed by atoms with Crippen LogP contribution >= 0.6 is 0 Å². The Balaban J connectivity index is 2.19. The van der Waals surface area contributed by atoms with Crippen LogP contribution < -0.4 is 5.32 Å². The number of nitrogens with one attached hydrogen (secondary N) is 1. The van der Waals surface area contributed by atoms with Gasteiger partial charge in [0.25, 0.3) is 0 Å². The highest BCUT2D eigenvalue weighted by molar-refractivity contribution is 5.84. The van der Waals surface area contributed by atoms with E-state index in [2.05, 4.69) is 37.9 Å². The summed E-state index contributed by atoms with van der Waals surface area (Å²) in [4.78, 5) is 15.1. The molecule has 3 atom stereocenters. The van der Waals surface area contributed by atoms with Gasteiger partial charge in [0.15, 0.2) is 0 Å². The largest absolute Gasteiger partial charge is 0.322 e. The van der Waals surface area contributed by atoms with E-state index in [4.69, 9.17) is 0 Å². The first-order chi connectivity index (χ1) is 9.60. The topological polar surface area (TPSA) is 32.3 Å². The summed E-state index contributed by atoms with van der Waals surface area (Å²) in [5.74, 6) is 1.58. The van der Waals surface area contributed by atoms with Crippen LogP contribution in [0.4, 0.5) is 0 Å². The van der Waals surface area contributed by atoms with Crippen molar-refractivity contribution in [2.75, 3.05) is 0 Å². The van der Waals surface area contributed by atoms with Crippen LogP contribution in [-0.2, 0) is 4.79 Å². The summed E-state index contributed by atoms with van der Waals surface area (Å²) in [6, 6.07) is 0.459. The van der Waals surface area contributed by atoms with Crippen molar-refractivity contribution in [1.82, 2.24) is 10.2 Å². The van der Waals surface area contributed by atoms with Gasteiger partial charge in [0.05, 0.1) is 12.2 Å². The predicted molar refractivity (Wildman–Crippen MR) is 83.3 cm³/mol. The molecule has 0 radical (unpaired) electrons. The van der Waals surface area contributed by atoms with Crippen molar-refractivity contribution >= 4 is 5.91 Å². The van der Waals surface area contributed by atoms with E-state index in [1.807, 2.05) is 0 Å². The minimum atomic E-state index is 0.0680. The maximum atomic E-state index is 12.8. The van der Waals surface area contributed by atoms with Crippen molar-refractivity contribution in [1.29, 1.82) is 0 Å². The quantitative estimate of drug-likeness (QED) is 0.807. The first kappa shape index (κ1) is 15.8. The van der Waals surface area contributed by atoms with E-state index >= 15 is 0 Å². The molecule has 2 aliphatic rings. The maximum Gasteiger partial charge on any atom is 0.241 e. The van der Waals surface area contributed by atoms with Gasteiger partial charge in [0, 0.05) is 6.04 Å². The maximum absolute atomic E-state index is 12.8. The Morgan fingerprint density at radius 1 is 1.25 bits per heavy atom. The van der Waals surface area contributed by atoms with Gasteiger partial charge in [-0.1, -0.05) is 47.0 Å². The fourth-order valence-corrected chi connectivity index (χ4v) is 4.17. The van der Waals surface area contributed by atoms with Gasteiger partial charge in [-0.25, -0.2) is 0 Å². The zero-order chi connectivity index (χ0) is 14.7. The minimum absolute atomic E-state index is 0.0680. The lowest BCUT2D eigenvalue weighted by Gasteiger charge is -2.37. The molecule has 20 heavy (non-hydrogen) atoms. The zero-order valence-corrected chi connectivity index (χ0v) is 13.7. The van der Waals surface area contributed by atoms with Crippen molar-refractivity contribution in [2.45, 2.75) is 90.9 Å². The van der Waals surface area contributed by atoms with Crippen LogP contribution in [0.1, 0.15) is 72.6 Å². The molecule has 0 aromatic carbocycles. The molecule has 1 aliphatic heterocycles. The Hall–Kier alpha value is -0.570. The molecular weight excluding hydrogens is 248 g/mol. The fraction of sp³-hybridized carbons (Fsp3) is 0.941. The highest BCUT2D eigenvalue weighted by Crippen LogP contribution is 2.35. The van der Waals surface area contributed by atoms with Crippen LogP contribution in [0.25, 0.3) is 0 Å². The van der Waals surface area contributed by atoms with Crippen LogP contribution in [0.5, 0.6) is 0 Å². The SMILES string of the molecule is CCCC1NC(C2CCCC2)N(C(CC)C(C)C)C1=O. The Morgan fingerprint density at radius 3 is 2.40 bits per heavy atom. The standard InChI is InChI=1S/C17H32N2O/c1-5-9-14-17(20)19(15(6-2)12(3)4)16(18-14)13-10-7-8-11-13/h12-16,18H,5-11H2,1-4H3. The van der Waals surface area contributed by atoms with Gasteiger partial charge in [0.1, 0.15) is 0 Å². The molecule has 0 aromatic heterocycles. The Kier molecular flexibility index (Phi) is 5.48. The molecule has 0 aromatic rings. The third-order valence-corrected chi connectivity index (χ3v) is 5.19. The monoisotopic (exact) mass is 280 g/mol.